The Labute approximate surface area is 126 Å². The van der Waals surface area contributed by atoms with Gasteiger partial charge < -0.3 is 10.4 Å². The van der Waals surface area contributed by atoms with Gasteiger partial charge >= 0.3 is 0 Å². The first-order chi connectivity index (χ1) is 10.1. The number of unbranched alkanes of at least 4 members (excludes halogenated alkanes) is 7. The Balaban J connectivity index is 2.04. The Hall–Kier alpha value is -1.16. The highest BCUT2D eigenvalue weighted by Gasteiger charge is 2.08. The van der Waals surface area contributed by atoms with Gasteiger partial charge in [0, 0.05) is 6.54 Å². The second kappa shape index (κ2) is 10.6. The molecule has 0 aliphatic heterocycles. The topological polar surface area (TPSA) is 32.3 Å². The van der Waals surface area contributed by atoms with E-state index in [4.69, 9.17) is 5.11 Å². The van der Waals surface area contributed by atoms with Crippen LogP contribution in [0, 0.1) is 11.6 Å². The molecular weight excluding hydrogens is 272 g/mol. The first-order valence-corrected chi connectivity index (χ1v) is 8.02. The Morgan fingerprint density at radius 1 is 0.905 bits per heavy atom. The van der Waals surface area contributed by atoms with E-state index in [1.807, 2.05) is 0 Å². The third kappa shape index (κ3) is 7.42. The predicted octanol–water partition coefficient (Wildman–Crippen LogP) is 4.90. The summed E-state index contributed by atoms with van der Waals surface area (Å²) < 4.78 is 26.3. The van der Waals surface area contributed by atoms with Crippen molar-refractivity contribution in [2.45, 2.75) is 64.8 Å². The van der Waals surface area contributed by atoms with Gasteiger partial charge in [-0.1, -0.05) is 51.9 Å². The maximum Gasteiger partial charge on any atom is 0.187 e. The molecule has 0 unspecified atom stereocenters. The summed E-state index contributed by atoms with van der Waals surface area (Å²) in [6.07, 6.45) is 10.1. The second-order valence-electron chi connectivity index (χ2n) is 5.56. The largest absolute Gasteiger partial charge is 0.503 e. The summed E-state index contributed by atoms with van der Waals surface area (Å²) in [7, 11) is 0. The van der Waals surface area contributed by atoms with Gasteiger partial charge in [-0.3, -0.25) is 0 Å². The number of hydrogen-bond acceptors (Lipinski definition) is 2. The van der Waals surface area contributed by atoms with E-state index >= 15 is 0 Å². The van der Waals surface area contributed by atoms with Crippen molar-refractivity contribution in [3.63, 3.8) is 0 Å². The summed E-state index contributed by atoms with van der Waals surface area (Å²) in [4.78, 5) is 0. The maximum atomic E-state index is 13.1. The van der Waals surface area contributed by atoms with Gasteiger partial charge in [0.15, 0.2) is 17.4 Å². The van der Waals surface area contributed by atoms with Crippen molar-refractivity contribution in [2.24, 2.45) is 0 Å². The monoisotopic (exact) mass is 299 g/mol. The maximum absolute atomic E-state index is 13.1. The highest BCUT2D eigenvalue weighted by molar-refractivity contribution is 5.29. The molecular formula is C17H27F2NO. The van der Waals surface area contributed by atoms with Crippen LogP contribution in [0.3, 0.4) is 0 Å². The highest BCUT2D eigenvalue weighted by atomic mass is 19.1. The zero-order valence-electron chi connectivity index (χ0n) is 12.9. The lowest BCUT2D eigenvalue weighted by atomic mass is 10.1. The highest BCUT2D eigenvalue weighted by Crippen LogP contribution is 2.21. The molecule has 120 valence electrons. The molecule has 0 aliphatic carbocycles. The summed E-state index contributed by atoms with van der Waals surface area (Å²) in [6.45, 7) is 3.49. The predicted molar refractivity (Wildman–Crippen MR) is 82.3 cm³/mol. The van der Waals surface area contributed by atoms with Gasteiger partial charge in [-0.25, -0.2) is 8.78 Å². The quantitative estimate of drug-likeness (QED) is 0.570. The van der Waals surface area contributed by atoms with Gasteiger partial charge in [0.2, 0.25) is 0 Å². The van der Waals surface area contributed by atoms with Crippen LogP contribution >= 0.6 is 0 Å². The minimum atomic E-state index is -0.904. The van der Waals surface area contributed by atoms with Crippen molar-refractivity contribution in [3.05, 3.63) is 29.3 Å². The Bertz CT molecular complexity index is 387. The summed E-state index contributed by atoms with van der Waals surface area (Å²) in [5.74, 6) is -2.71. The number of halogens is 2. The Morgan fingerprint density at radius 3 is 2.00 bits per heavy atom. The lowest BCUT2D eigenvalue weighted by Crippen LogP contribution is -2.15. The summed E-state index contributed by atoms with van der Waals surface area (Å²) in [5.41, 5.74) is 0.516. The zero-order chi connectivity index (χ0) is 15.5. The minimum absolute atomic E-state index is 0.421. The van der Waals surface area contributed by atoms with Crippen molar-refractivity contribution in [2.75, 3.05) is 6.54 Å². The first kappa shape index (κ1) is 17.9. The molecule has 21 heavy (non-hydrogen) atoms. The molecule has 0 radical (unpaired) electrons. The lowest BCUT2D eigenvalue weighted by Gasteiger charge is -2.06. The average Bonchev–Trinajstić information content (AvgIpc) is 2.46. The molecule has 2 nitrogen and oxygen atoms in total. The van der Waals surface area contributed by atoms with Crippen LogP contribution < -0.4 is 5.32 Å². The number of benzene rings is 1. The van der Waals surface area contributed by atoms with Crippen LogP contribution in [-0.4, -0.2) is 11.7 Å². The van der Waals surface area contributed by atoms with Crippen molar-refractivity contribution < 1.29 is 13.9 Å². The molecule has 1 rings (SSSR count). The van der Waals surface area contributed by atoms with Gasteiger partial charge in [-0.2, -0.15) is 0 Å². The fourth-order valence-electron chi connectivity index (χ4n) is 2.34. The zero-order valence-corrected chi connectivity index (χ0v) is 12.9. The van der Waals surface area contributed by atoms with Gasteiger partial charge in [0.25, 0.3) is 0 Å². The van der Waals surface area contributed by atoms with E-state index in [2.05, 4.69) is 12.2 Å². The van der Waals surface area contributed by atoms with E-state index in [0.29, 0.717) is 12.1 Å². The van der Waals surface area contributed by atoms with Crippen LogP contribution in [0.15, 0.2) is 12.1 Å². The third-order valence-electron chi connectivity index (χ3n) is 3.61. The fourth-order valence-corrected chi connectivity index (χ4v) is 2.34. The van der Waals surface area contributed by atoms with Crippen LogP contribution in [0.4, 0.5) is 8.78 Å². The molecule has 0 spiro atoms. The third-order valence-corrected chi connectivity index (χ3v) is 3.61. The molecule has 0 atom stereocenters. The number of hydrogen-bond donors (Lipinski definition) is 2. The van der Waals surface area contributed by atoms with E-state index in [1.165, 1.54) is 57.1 Å². The smallest absolute Gasteiger partial charge is 0.187 e. The SMILES string of the molecule is CCCCCCCCCCNCc1cc(F)c(O)c(F)c1. The Kier molecular flexibility index (Phi) is 8.99. The number of aromatic hydroxyl groups is 1. The first-order valence-electron chi connectivity index (χ1n) is 8.02. The van der Waals surface area contributed by atoms with Crippen LogP contribution in [0.5, 0.6) is 5.75 Å². The second-order valence-corrected chi connectivity index (χ2v) is 5.56. The van der Waals surface area contributed by atoms with Crippen molar-refractivity contribution in [3.8, 4) is 5.75 Å². The number of rotatable bonds is 11. The van der Waals surface area contributed by atoms with Crippen molar-refractivity contribution in [1.82, 2.24) is 5.32 Å². The molecule has 4 heteroatoms. The van der Waals surface area contributed by atoms with E-state index in [9.17, 15) is 8.78 Å². The summed E-state index contributed by atoms with van der Waals surface area (Å²) in [6, 6.07) is 2.33. The standard InChI is InChI=1S/C17H27F2NO/c1-2-3-4-5-6-7-8-9-10-20-13-14-11-15(18)17(21)16(19)12-14/h11-12,20-21H,2-10,13H2,1H3. The lowest BCUT2D eigenvalue weighted by molar-refractivity contribution is 0.395. The van der Waals surface area contributed by atoms with E-state index in [0.717, 1.165) is 13.0 Å². The molecule has 1 aromatic rings. The van der Waals surface area contributed by atoms with E-state index < -0.39 is 17.4 Å². The van der Waals surface area contributed by atoms with Gasteiger partial charge in [-0.15, -0.1) is 0 Å². The molecule has 2 N–H and O–H groups in total. The molecule has 0 saturated heterocycles. The molecule has 0 aromatic heterocycles. The van der Waals surface area contributed by atoms with Crippen LogP contribution in [0.2, 0.25) is 0 Å². The molecule has 0 saturated carbocycles. The van der Waals surface area contributed by atoms with Crippen molar-refractivity contribution >= 4 is 0 Å². The van der Waals surface area contributed by atoms with Gasteiger partial charge in [-0.05, 0) is 30.7 Å². The van der Waals surface area contributed by atoms with E-state index in [1.54, 1.807) is 0 Å². The molecule has 0 bridgehead atoms. The normalized spacial score (nSPS) is 11.0. The number of phenols is 1. The van der Waals surface area contributed by atoms with Crippen LogP contribution in [-0.2, 0) is 6.54 Å². The molecule has 0 heterocycles. The Morgan fingerprint density at radius 2 is 1.43 bits per heavy atom. The summed E-state index contributed by atoms with van der Waals surface area (Å²) in [5, 5.41) is 12.2. The van der Waals surface area contributed by atoms with Crippen molar-refractivity contribution in [1.29, 1.82) is 0 Å². The van der Waals surface area contributed by atoms with Crippen LogP contribution in [0.25, 0.3) is 0 Å². The summed E-state index contributed by atoms with van der Waals surface area (Å²) >= 11 is 0. The average molecular weight is 299 g/mol. The van der Waals surface area contributed by atoms with Gasteiger partial charge in [0.05, 0.1) is 0 Å². The van der Waals surface area contributed by atoms with Gasteiger partial charge in [0.1, 0.15) is 0 Å². The molecule has 0 fully saturated rings. The number of phenolic OH excluding ortho intramolecular Hbond substituents is 1. The molecule has 0 aliphatic rings. The van der Waals surface area contributed by atoms with E-state index in [-0.39, 0.29) is 0 Å². The minimum Gasteiger partial charge on any atom is -0.503 e. The molecule has 1 aromatic carbocycles. The molecule has 0 amide bonds. The fraction of sp³-hybridized carbons (Fsp3) is 0.647. The number of nitrogens with one attached hydrogen (secondary N) is 1. The van der Waals surface area contributed by atoms with Crippen LogP contribution in [0.1, 0.15) is 63.9 Å².